The Labute approximate surface area is 112 Å². The SMILES string of the molecule is CSCCCCCNCc1ccc(Cl)cc1F. The Morgan fingerprint density at radius 3 is 2.82 bits per heavy atom. The number of nitrogens with one attached hydrogen (secondary N) is 1. The number of hydrogen-bond donors (Lipinski definition) is 1. The molecule has 4 heteroatoms. The molecule has 0 saturated carbocycles. The quantitative estimate of drug-likeness (QED) is 0.717. The number of rotatable bonds is 8. The van der Waals surface area contributed by atoms with Gasteiger partial charge in [-0.25, -0.2) is 4.39 Å². The zero-order valence-electron chi connectivity index (χ0n) is 10.1. The van der Waals surface area contributed by atoms with Crippen LogP contribution in [0.25, 0.3) is 0 Å². The summed E-state index contributed by atoms with van der Waals surface area (Å²) in [5.74, 6) is 0.999. The molecule has 0 aliphatic rings. The van der Waals surface area contributed by atoms with E-state index in [-0.39, 0.29) is 5.82 Å². The van der Waals surface area contributed by atoms with Crippen LogP contribution in [0.1, 0.15) is 24.8 Å². The molecule has 0 fully saturated rings. The average molecular weight is 276 g/mol. The molecule has 0 heterocycles. The monoisotopic (exact) mass is 275 g/mol. The lowest BCUT2D eigenvalue weighted by molar-refractivity contribution is 0.574. The summed E-state index contributed by atoms with van der Waals surface area (Å²) in [5.41, 5.74) is 0.679. The minimum absolute atomic E-state index is 0.229. The van der Waals surface area contributed by atoms with Crippen LogP contribution in [-0.4, -0.2) is 18.6 Å². The summed E-state index contributed by atoms with van der Waals surface area (Å²) in [4.78, 5) is 0. The van der Waals surface area contributed by atoms with E-state index in [9.17, 15) is 4.39 Å². The van der Waals surface area contributed by atoms with Crippen LogP contribution in [0.4, 0.5) is 4.39 Å². The Bertz CT molecular complexity index is 333. The van der Waals surface area contributed by atoms with Crippen molar-refractivity contribution in [3.63, 3.8) is 0 Å². The van der Waals surface area contributed by atoms with Crippen LogP contribution in [0.15, 0.2) is 18.2 Å². The third-order valence-electron chi connectivity index (χ3n) is 2.53. The summed E-state index contributed by atoms with van der Waals surface area (Å²) >= 11 is 7.57. The first kappa shape index (κ1) is 14.8. The van der Waals surface area contributed by atoms with Gasteiger partial charge in [0.2, 0.25) is 0 Å². The second kappa shape index (κ2) is 8.78. The maximum Gasteiger partial charge on any atom is 0.129 e. The fourth-order valence-corrected chi connectivity index (χ4v) is 2.21. The van der Waals surface area contributed by atoms with E-state index >= 15 is 0 Å². The molecule has 1 N–H and O–H groups in total. The van der Waals surface area contributed by atoms with Crippen molar-refractivity contribution in [2.75, 3.05) is 18.6 Å². The van der Waals surface area contributed by atoms with Crippen LogP contribution in [0, 0.1) is 5.82 Å². The van der Waals surface area contributed by atoms with Crippen molar-refractivity contribution in [3.05, 3.63) is 34.6 Å². The molecule has 1 aromatic rings. The molecule has 0 aromatic heterocycles. The smallest absolute Gasteiger partial charge is 0.129 e. The Morgan fingerprint density at radius 1 is 1.29 bits per heavy atom. The maximum absolute atomic E-state index is 13.4. The van der Waals surface area contributed by atoms with E-state index in [2.05, 4.69) is 11.6 Å². The summed E-state index contributed by atoms with van der Waals surface area (Å²) < 4.78 is 13.4. The largest absolute Gasteiger partial charge is 0.313 e. The van der Waals surface area contributed by atoms with Crippen LogP contribution in [0.2, 0.25) is 5.02 Å². The van der Waals surface area contributed by atoms with E-state index in [1.807, 2.05) is 11.8 Å². The van der Waals surface area contributed by atoms with Crippen LogP contribution in [0.5, 0.6) is 0 Å². The van der Waals surface area contributed by atoms with E-state index in [0.29, 0.717) is 17.1 Å². The van der Waals surface area contributed by atoms with Crippen molar-refractivity contribution in [1.29, 1.82) is 0 Å². The maximum atomic E-state index is 13.4. The van der Waals surface area contributed by atoms with Gasteiger partial charge in [0.1, 0.15) is 5.82 Å². The van der Waals surface area contributed by atoms with Crippen molar-refractivity contribution >= 4 is 23.4 Å². The molecule has 0 aliphatic carbocycles. The molecule has 0 unspecified atom stereocenters. The van der Waals surface area contributed by atoms with Gasteiger partial charge in [-0.05, 0) is 43.5 Å². The molecule has 0 amide bonds. The average Bonchev–Trinajstić information content (AvgIpc) is 2.30. The lowest BCUT2D eigenvalue weighted by Gasteiger charge is -2.06. The molecule has 0 saturated heterocycles. The number of benzene rings is 1. The van der Waals surface area contributed by atoms with Crippen molar-refractivity contribution in [2.45, 2.75) is 25.8 Å². The number of thioether (sulfide) groups is 1. The van der Waals surface area contributed by atoms with Gasteiger partial charge in [0.15, 0.2) is 0 Å². The fourth-order valence-electron chi connectivity index (χ4n) is 1.56. The summed E-state index contributed by atoms with van der Waals surface area (Å²) in [7, 11) is 0. The Hall–Kier alpha value is -0.250. The second-order valence-corrected chi connectivity index (χ2v) is 5.39. The Kier molecular flexibility index (Phi) is 7.65. The summed E-state index contributed by atoms with van der Waals surface area (Å²) in [6.45, 7) is 1.52. The molecule has 1 nitrogen and oxygen atoms in total. The minimum atomic E-state index is -0.229. The molecular formula is C13H19ClFNS. The standard InChI is InChI=1S/C13H19ClFNS/c1-17-8-4-2-3-7-16-10-11-5-6-12(14)9-13(11)15/h5-6,9,16H,2-4,7-8,10H2,1H3. The van der Waals surface area contributed by atoms with Crippen LogP contribution >= 0.6 is 23.4 Å². The second-order valence-electron chi connectivity index (χ2n) is 3.97. The van der Waals surface area contributed by atoms with Gasteiger partial charge in [-0.15, -0.1) is 0 Å². The third kappa shape index (κ3) is 6.29. The minimum Gasteiger partial charge on any atom is -0.313 e. The van der Waals surface area contributed by atoms with Crippen LogP contribution in [0.3, 0.4) is 0 Å². The van der Waals surface area contributed by atoms with E-state index in [0.717, 1.165) is 13.0 Å². The predicted molar refractivity (Wildman–Crippen MR) is 75.3 cm³/mol. The zero-order valence-corrected chi connectivity index (χ0v) is 11.7. The first-order valence-electron chi connectivity index (χ1n) is 5.87. The van der Waals surface area contributed by atoms with Gasteiger partial charge in [-0.2, -0.15) is 11.8 Å². The van der Waals surface area contributed by atoms with E-state index in [4.69, 9.17) is 11.6 Å². The highest BCUT2D eigenvalue weighted by molar-refractivity contribution is 7.98. The summed E-state index contributed by atoms with van der Waals surface area (Å²) in [6.07, 6.45) is 5.77. The van der Waals surface area contributed by atoms with Gasteiger partial charge in [0.05, 0.1) is 0 Å². The summed E-state index contributed by atoms with van der Waals surface area (Å²) in [6, 6.07) is 4.82. The van der Waals surface area contributed by atoms with Crippen molar-refractivity contribution < 1.29 is 4.39 Å². The predicted octanol–water partition coefficient (Wildman–Crippen LogP) is 4.10. The lowest BCUT2D eigenvalue weighted by Crippen LogP contribution is -2.15. The normalized spacial score (nSPS) is 10.8. The van der Waals surface area contributed by atoms with Gasteiger partial charge in [-0.3, -0.25) is 0 Å². The number of hydrogen-bond acceptors (Lipinski definition) is 2. The van der Waals surface area contributed by atoms with E-state index in [1.165, 1.54) is 24.7 Å². The fraction of sp³-hybridized carbons (Fsp3) is 0.538. The van der Waals surface area contributed by atoms with Crippen molar-refractivity contribution in [2.24, 2.45) is 0 Å². The molecule has 0 spiro atoms. The number of halogens is 2. The highest BCUT2D eigenvalue weighted by Gasteiger charge is 2.01. The van der Waals surface area contributed by atoms with Gasteiger partial charge in [-0.1, -0.05) is 24.1 Å². The zero-order chi connectivity index (χ0) is 12.5. The van der Waals surface area contributed by atoms with Gasteiger partial charge in [0, 0.05) is 17.1 Å². The van der Waals surface area contributed by atoms with Gasteiger partial charge >= 0.3 is 0 Å². The van der Waals surface area contributed by atoms with Gasteiger partial charge in [0.25, 0.3) is 0 Å². The molecule has 0 aliphatic heterocycles. The van der Waals surface area contributed by atoms with Crippen LogP contribution in [-0.2, 0) is 6.54 Å². The van der Waals surface area contributed by atoms with Crippen LogP contribution < -0.4 is 5.32 Å². The molecule has 0 atom stereocenters. The first-order chi connectivity index (χ1) is 8.24. The highest BCUT2D eigenvalue weighted by atomic mass is 35.5. The molecule has 0 bridgehead atoms. The molecular weight excluding hydrogens is 257 g/mol. The summed E-state index contributed by atoms with van der Waals surface area (Å²) in [5, 5.41) is 3.70. The van der Waals surface area contributed by atoms with Crippen molar-refractivity contribution in [3.8, 4) is 0 Å². The first-order valence-corrected chi connectivity index (χ1v) is 7.65. The Morgan fingerprint density at radius 2 is 2.12 bits per heavy atom. The Balaban J connectivity index is 2.14. The van der Waals surface area contributed by atoms with Crippen molar-refractivity contribution in [1.82, 2.24) is 5.32 Å². The number of unbranched alkanes of at least 4 members (excludes halogenated alkanes) is 2. The molecule has 17 heavy (non-hydrogen) atoms. The van der Waals surface area contributed by atoms with E-state index in [1.54, 1.807) is 12.1 Å². The molecule has 1 aromatic carbocycles. The lowest BCUT2D eigenvalue weighted by atomic mass is 10.2. The molecule has 1 rings (SSSR count). The highest BCUT2D eigenvalue weighted by Crippen LogP contribution is 2.14. The third-order valence-corrected chi connectivity index (χ3v) is 3.46. The molecule has 96 valence electrons. The molecule has 0 radical (unpaired) electrons. The topological polar surface area (TPSA) is 12.0 Å². The van der Waals surface area contributed by atoms with E-state index < -0.39 is 0 Å². The van der Waals surface area contributed by atoms with Gasteiger partial charge < -0.3 is 5.32 Å².